The number of hydrogen-bond acceptors (Lipinski definition) is 2. The van der Waals surface area contributed by atoms with Gasteiger partial charge in [-0.25, -0.2) is 0 Å². The summed E-state index contributed by atoms with van der Waals surface area (Å²) in [6.07, 6.45) is -4.36. The van der Waals surface area contributed by atoms with Crippen molar-refractivity contribution < 1.29 is 17.9 Å². The van der Waals surface area contributed by atoms with E-state index in [1.165, 1.54) is 6.07 Å². The average Bonchev–Trinajstić information content (AvgIpc) is 2.51. The summed E-state index contributed by atoms with van der Waals surface area (Å²) in [5.74, 6) is 6.07. The lowest BCUT2D eigenvalue weighted by Gasteiger charge is -2.08. The van der Waals surface area contributed by atoms with Gasteiger partial charge in [0.15, 0.2) is 5.96 Å². The van der Waals surface area contributed by atoms with Gasteiger partial charge in [0.25, 0.3) is 0 Å². The van der Waals surface area contributed by atoms with Crippen LogP contribution in [0.3, 0.4) is 0 Å². The number of methoxy groups -OCH3 is 1. The number of aliphatic imine (C=N–C) groups is 1. The molecule has 126 valence electrons. The quantitative estimate of drug-likeness (QED) is 0.377. The van der Waals surface area contributed by atoms with Crippen LogP contribution in [0.5, 0.6) is 0 Å². The number of guanidine groups is 1. The van der Waals surface area contributed by atoms with Crippen molar-refractivity contribution in [3.05, 3.63) is 35.4 Å². The van der Waals surface area contributed by atoms with Crippen LogP contribution in [0.15, 0.2) is 29.3 Å². The first-order valence-corrected chi connectivity index (χ1v) is 7.14. The Morgan fingerprint density at radius 3 is 2.74 bits per heavy atom. The van der Waals surface area contributed by atoms with Crippen LogP contribution in [0, 0.1) is 11.8 Å². The molecule has 1 aromatic rings. The van der Waals surface area contributed by atoms with Crippen LogP contribution in [0.4, 0.5) is 13.2 Å². The number of halogens is 3. The van der Waals surface area contributed by atoms with E-state index in [1.54, 1.807) is 13.2 Å². The first-order valence-electron chi connectivity index (χ1n) is 7.14. The van der Waals surface area contributed by atoms with Gasteiger partial charge in [-0.15, -0.1) is 0 Å². The summed E-state index contributed by atoms with van der Waals surface area (Å²) in [6, 6.07) is 4.94. The van der Waals surface area contributed by atoms with Crippen molar-refractivity contribution in [2.24, 2.45) is 4.99 Å². The zero-order chi connectivity index (χ0) is 17.1. The second-order valence-corrected chi connectivity index (χ2v) is 4.49. The summed E-state index contributed by atoms with van der Waals surface area (Å²) in [5.41, 5.74) is -0.380. The minimum atomic E-state index is -4.36. The van der Waals surface area contributed by atoms with E-state index in [9.17, 15) is 13.2 Å². The molecule has 1 aromatic carbocycles. The SMILES string of the molecule is CCNC(=NCCOC)NCC#Cc1cccc(C(F)(F)F)c1. The molecule has 0 atom stereocenters. The fraction of sp³-hybridized carbons (Fsp3) is 0.438. The molecule has 2 N–H and O–H groups in total. The minimum absolute atomic E-state index is 0.273. The van der Waals surface area contributed by atoms with E-state index in [4.69, 9.17) is 4.74 Å². The molecule has 0 saturated heterocycles. The Kier molecular flexibility index (Phi) is 7.98. The first-order chi connectivity index (χ1) is 11.0. The summed E-state index contributed by atoms with van der Waals surface area (Å²) in [5, 5.41) is 6.02. The zero-order valence-electron chi connectivity index (χ0n) is 13.1. The van der Waals surface area contributed by atoms with Crippen LogP contribution in [0.2, 0.25) is 0 Å². The van der Waals surface area contributed by atoms with Crippen molar-refractivity contribution in [2.75, 3.05) is 33.4 Å². The molecule has 0 amide bonds. The number of ether oxygens (including phenoxy) is 1. The van der Waals surface area contributed by atoms with Crippen molar-refractivity contribution in [3.63, 3.8) is 0 Å². The predicted octanol–water partition coefficient (Wildman–Crippen LogP) is 2.26. The fourth-order valence-corrected chi connectivity index (χ4v) is 1.64. The van der Waals surface area contributed by atoms with E-state index in [1.807, 2.05) is 6.92 Å². The molecule has 0 radical (unpaired) electrons. The van der Waals surface area contributed by atoms with Gasteiger partial charge in [-0.1, -0.05) is 17.9 Å². The van der Waals surface area contributed by atoms with Gasteiger partial charge in [0, 0.05) is 19.2 Å². The fourth-order valence-electron chi connectivity index (χ4n) is 1.64. The van der Waals surface area contributed by atoms with E-state index < -0.39 is 11.7 Å². The first kappa shape index (κ1) is 18.8. The normalized spacial score (nSPS) is 11.6. The highest BCUT2D eigenvalue weighted by molar-refractivity contribution is 5.80. The summed E-state index contributed by atoms with van der Waals surface area (Å²) < 4.78 is 42.7. The highest BCUT2D eigenvalue weighted by Crippen LogP contribution is 2.29. The molecule has 0 spiro atoms. The lowest BCUT2D eigenvalue weighted by Crippen LogP contribution is -2.37. The van der Waals surface area contributed by atoms with E-state index in [0.29, 0.717) is 31.2 Å². The van der Waals surface area contributed by atoms with Crippen LogP contribution in [0.1, 0.15) is 18.1 Å². The van der Waals surface area contributed by atoms with Crippen LogP contribution < -0.4 is 10.6 Å². The average molecular weight is 327 g/mol. The minimum Gasteiger partial charge on any atom is -0.383 e. The molecule has 7 heteroatoms. The van der Waals surface area contributed by atoms with E-state index >= 15 is 0 Å². The highest BCUT2D eigenvalue weighted by Gasteiger charge is 2.30. The molecule has 0 aliphatic rings. The Labute approximate surface area is 134 Å². The third-order valence-corrected chi connectivity index (χ3v) is 2.68. The van der Waals surface area contributed by atoms with E-state index in [0.717, 1.165) is 12.1 Å². The summed E-state index contributed by atoms with van der Waals surface area (Å²) in [6.45, 7) is 3.91. The zero-order valence-corrected chi connectivity index (χ0v) is 13.1. The van der Waals surface area contributed by atoms with Gasteiger partial charge in [-0.3, -0.25) is 4.99 Å². The van der Waals surface area contributed by atoms with Gasteiger partial charge in [-0.2, -0.15) is 13.2 Å². The second-order valence-electron chi connectivity index (χ2n) is 4.49. The highest BCUT2D eigenvalue weighted by atomic mass is 19.4. The molecule has 4 nitrogen and oxygen atoms in total. The molecule has 1 rings (SSSR count). The number of benzene rings is 1. The Morgan fingerprint density at radius 1 is 1.30 bits per heavy atom. The standard InChI is InChI=1S/C16H20F3N3O/c1-3-20-15(22-10-11-23-2)21-9-5-7-13-6-4-8-14(12-13)16(17,18)19/h4,6,8,12H,3,9-11H2,1-2H3,(H2,20,21,22). The molecule has 0 aromatic heterocycles. The van der Waals surface area contributed by atoms with Crippen molar-refractivity contribution in [3.8, 4) is 11.8 Å². The van der Waals surface area contributed by atoms with Crippen LogP contribution in [-0.2, 0) is 10.9 Å². The Hall–Kier alpha value is -2.20. The van der Waals surface area contributed by atoms with Gasteiger partial charge in [0.1, 0.15) is 0 Å². The Morgan fingerprint density at radius 2 is 2.09 bits per heavy atom. The van der Waals surface area contributed by atoms with Gasteiger partial charge in [0.2, 0.25) is 0 Å². The molecule has 23 heavy (non-hydrogen) atoms. The maximum Gasteiger partial charge on any atom is 0.416 e. The third kappa shape index (κ3) is 7.56. The Balaban J connectivity index is 2.61. The lowest BCUT2D eigenvalue weighted by molar-refractivity contribution is -0.137. The van der Waals surface area contributed by atoms with Crippen molar-refractivity contribution in [1.82, 2.24) is 10.6 Å². The number of rotatable bonds is 5. The van der Waals surface area contributed by atoms with Crippen LogP contribution >= 0.6 is 0 Å². The molecule has 0 unspecified atom stereocenters. The molecule has 0 fully saturated rings. The molecule has 0 bridgehead atoms. The van der Waals surface area contributed by atoms with Gasteiger partial charge in [-0.05, 0) is 25.1 Å². The molecule has 0 saturated carbocycles. The molecular formula is C16H20F3N3O. The lowest BCUT2D eigenvalue weighted by atomic mass is 10.1. The van der Waals surface area contributed by atoms with Gasteiger partial charge in [0.05, 0.1) is 25.3 Å². The van der Waals surface area contributed by atoms with Crippen LogP contribution in [0.25, 0.3) is 0 Å². The summed E-state index contributed by atoms with van der Waals surface area (Å²) >= 11 is 0. The number of nitrogens with zero attached hydrogens (tertiary/aromatic N) is 1. The monoisotopic (exact) mass is 327 g/mol. The Bertz CT molecular complexity index is 574. The van der Waals surface area contributed by atoms with Crippen LogP contribution in [-0.4, -0.2) is 39.3 Å². The molecule has 0 aliphatic carbocycles. The maximum absolute atomic E-state index is 12.6. The van der Waals surface area contributed by atoms with Gasteiger partial charge < -0.3 is 15.4 Å². The van der Waals surface area contributed by atoms with E-state index in [-0.39, 0.29) is 6.54 Å². The second kappa shape index (κ2) is 9.74. The smallest absolute Gasteiger partial charge is 0.383 e. The van der Waals surface area contributed by atoms with Crippen molar-refractivity contribution in [2.45, 2.75) is 13.1 Å². The predicted molar refractivity (Wildman–Crippen MR) is 84.2 cm³/mol. The number of alkyl halides is 3. The number of nitrogens with one attached hydrogen (secondary N) is 2. The summed E-state index contributed by atoms with van der Waals surface area (Å²) in [4.78, 5) is 4.25. The largest absolute Gasteiger partial charge is 0.416 e. The number of hydrogen-bond donors (Lipinski definition) is 2. The van der Waals surface area contributed by atoms with Gasteiger partial charge >= 0.3 is 6.18 Å². The molecule has 0 heterocycles. The summed E-state index contributed by atoms with van der Waals surface area (Å²) in [7, 11) is 1.59. The maximum atomic E-state index is 12.6. The third-order valence-electron chi connectivity index (χ3n) is 2.68. The molecule has 0 aliphatic heterocycles. The topological polar surface area (TPSA) is 45.7 Å². The van der Waals surface area contributed by atoms with Crippen molar-refractivity contribution >= 4 is 5.96 Å². The van der Waals surface area contributed by atoms with E-state index in [2.05, 4.69) is 27.5 Å². The molecular weight excluding hydrogens is 307 g/mol. The van der Waals surface area contributed by atoms with Crippen molar-refractivity contribution in [1.29, 1.82) is 0 Å².